The summed E-state index contributed by atoms with van der Waals surface area (Å²) in [5, 5.41) is 3.61. The fraction of sp³-hybridized carbons (Fsp3) is 0.647. The number of rotatable bonds is 6. The maximum atomic E-state index is 5.96. The molecule has 3 N–H and O–H groups in total. The third-order valence-corrected chi connectivity index (χ3v) is 4.52. The van der Waals surface area contributed by atoms with E-state index in [9.17, 15) is 0 Å². The van der Waals surface area contributed by atoms with Crippen LogP contribution in [0, 0.1) is 11.8 Å². The summed E-state index contributed by atoms with van der Waals surface area (Å²) < 4.78 is 11.4. The molecule has 0 amide bonds. The number of nitrogens with two attached hydrogens (primary N) is 1. The van der Waals surface area contributed by atoms with Gasteiger partial charge in [-0.2, -0.15) is 0 Å². The van der Waals surface area contributed by atoms with Crippen molar-refractivity contribution in [2.24, 2.45) is 17.6 Å². The van der Waals surface area contributed by atoms with Crippen LogP contribution in [-0.2, 0) is 0 Å². The van der Waals surface area contributed by atoms with Crippen molar-refractivity contribution in [3.05, 3.63) is 23.8 Å². The van der Waals surface area contributed by atoms with Gasteiger partial charge in [0.1, 0.15) is 0 Å². The Kier molecular flexibility index (Phi) is 4.66. The molecule has 4 heteroatoms. The Labute approximate surface area is 127 Å². The SMILES string of the molecule is CC(CNC(CN)c1ccc2c(c1)OCCCO2)C1CC1. The van der Waals surface area contributed by atoms with Crippen LogP contribution < -0.4 is 20.5 Å². The van der Waals surface area contributed by atoms with E-state index in [0.717, 1.165) is 49.5 Å². The van der Waals surface area contributed by atoms with Crippen LogP contribution in [0.1, 0.15) is 37.8 Å². The third kappa shape index (κ3) is 3.69. The highest BCUT2D eigenvalue weighted by molar-refractivity contribution is 5.44. The number of hydrogen-bond donors (Lipinski definition) is 2. The minimum absolute atomic E-state index is 0.184. The molecule has 2 atom stereocenters. The van der Waals surface area contributed by atoms with Crippen molar-refractivity contribution in [1.29, 1.82) is 0 Å². The lowest BCUT2D eigenvalue weighted by atomic mass is 10.0. The molecule has 3 rings (SSSR count). The molecule has 0 spiro atoms. The number of hydrogen-bond acceptors (Lipinski definition) is 4. The van der Waals surface area contributed by atoms with Gasteiger partial charge in [0, 0.05) is 19.0 Å². The first-order chi connectivity index (χ1) is 10.3. The van der Waals surface area contributed by atoms with Gasteiger partial charge in [-0.25, -0.2) is 0 Å². The summed E-state index contributed by atoms with van der Waals surface area (Å²) in [5.74, 6) is 3.35. The predicted octanol–water partition coefficient (Wildman–Crippen LogP) is 2.48. The molecule has 1 saturated carbocycles. The first-order valence-corrected chi connectivity index (χ1v) is 8.11. The second-order valence-corrected chi connectivity index (χ2v) is 6.27. The molecular formula is C17H26N2O2. The van der Waals surface area contributed by atoms with E-state index in [0.29, 0.717) is 6.54 Å². The molecule has 2 aliphatic rings. The number of fused-ring (bicyclic) bond motifs is 1. The van der Waals surface area contributed by atoms with E-state index in [1.807, 2.05) is 6.07 Å². The Bertz CT molecular complexity index is 474. The second kappa shape index (κ2) is 6.67. The topological polar surface area (TPSA) is 56.5 Å². The van der Waals surface area contributed by atoms with Crippen LogP contribution in [0.4, 0.5) is 0 Å². The zero-order chi connectivity index (χ0) is 14.7. The summed E-state index contributed by atoms with van der Waals surface area (Å²) in [5.41, 5.74) is 7.14. The van der Waals surface area contributed by atoms with Crippen LogP contribution in [0.25, 0.3) is 0 Å². The highest BCUT2D eigenvalue weighted by atomic mass is 16.5. The van der Waals surface area contributed by atoms with Gasteiger partial charge in [0.2, 0.25) is 0 Å². The summed E-state index contributed by atoms with van der Waals surface area (Å²) in [6.07, 6.45) is 3.71. The molecule has 0 aromatic heterocycles. The molecule has 0 saturated heterocycles. The molecule has 0 radical (unpaired) electrons. The van der Waals surface area contributed by atoms with Crippen molar-refractivity contribution < 1.29 is 9.47 Å². The van der Waals surface area contributed by atoms with Gasteiger partial charge in [0.25, 0.3) is 0 Å². The molecule has 1 aromatic rings. The van der Waals surface area contributed by atoms with Crippen molar-refractivity contribution in [2.75, 3.05) is 26.3 Å². The van der Waals surface area contributed by atoms with E-state index < -0.39 is 0 Å². The molecule has 4 nitrogen and oxygen atoms in total. The number of nitrogens with one attached hydrogen (secondary N) is 1. The Morgan fingerprint density at radius 1 is 1.24 bits per heavy atom. The zero-order valence-electron chi connectivity index (χ0n) is 12.8. The average molecular weight is 290 g/mol. The lowest BCUT2D eigenvalue weighted by molar-refractivity contribution is 0.297. The summed E-state index contributed by atoms with van der Waals surface area (Å²) >= 11 is 0. The lowest BCUT2D eigenvalue weighted by Gasteiger charge is -2.21. The molecule has 1 heterocycles. The van der Waals surface area contributed by atoms with Gasteiger partial charge in [-0.1, -0.05) is 13.0 Å². The fourth-order valence-corrected chi connectivity index (χ4v) is 2.89. The van der Waals surface area contributed by atoms with Crippen molar-refractivity contribution in [3.8, 4) is 11.5 Å². The first kappa shape index (κ1) is 14.7. The van der Waals surface area contributed by atoms with Crippen LogP contribution in [-0.4, -0.2) is 26.3 Å². The molecule has 1 aromatic carbocycles. The van der Waals surface area contributed by atoms with Crippen molar-refractivity contribution in [2.45, 2.75) is 32.2 Å². The van der Waals surface area contributed by atoms with Crippen molar-refractivity contribution >= 4 is 0 Å². The van der Waals surface area contributed by atoms with E-state index in [-0.39, 0.29) is 6.04 Å². The normalized spacial score (nSPS) is 20.7. The minimum Gasteiger partial charge on any atom is -0.490 e. The van der Waals surface area contributed by atoms with E-state index in [4.69, 9.17) is 15.2 Å². The van der Waals surface area contributed by atoms with Gasteiger partial charge in [0.05, 0.1) is 13.2 Å². The van der Waals surface area contributed by atoms with Crippen LogP contribution in [0.15, 0.2) is 18.2 Å². The van der Waals surface area contributed by atoms with Crippen molar-refractivity contribution in [1.82, 2.24) is 5.32 Å². The number of ether oxygens (including phenoxy) is 2. The van der Waals surface area contributed by atoms with Crippen LogP contribution in [0.5, 0.6) is 11.5 Å². The summed E-state index contributed by atoms with van der Waals surface area (Å²) in [7, 11) is 0. The maximum Gasteiger partial charge on any atom is 0.161 e. The Hall–Kier alpha value is -1.26. The number of benzene rings is 1. The van der Waals surface area contributed by atoms with E-state index in [2.05, 4.69) is 24.4 Å². The molecule has 0 bridgehead atoms. The molecule has 21 heavy (non-hydrogen) atoms. The lowest BCUT2D eigenvalue weighted by Crippen LogP contribution is -2.32. The largest absolute Gasteiger partial charge is 0.490 e. The van der Waals surface area contributed by atoms with E-state index >= 15 is 0 Å². The predicted molar refractivity (Wildman–Crippen MR) is 83.7 cm³/mol. The van der Waals surface area contributed by atoms with Gasteiger partial charge in [-0.15, -0.1) is 0 Å². The monoisotopic (exact) mass is 290 g/mol. The quantitative estimate of drug-likeness (QED) is 0.845. The summed E-state index contributed by atoms with van der Waals surface area (Å²) in [6, 6.07) is 6.36. The van der Waals surface area contributed by atoms with Gasteiger partial charge in [-0.05, 0) is 48.9 Å². The first-order valence-electron chi connectivity index (χ1n) is 8.11. The molecule has 1 aliphatic carbocycles. The van der Waals surface area contributed by atoms with E-state index in [1.165, 1.54) is 18.4 Å². The Balaban J connectivity index is 1.66. The molecular weight excluding hydrogens is 264 g/mol. The average Bonchev–Trinajstić information content (AvgIpc) is 3.34. The standard InChI is InChI=1S/C17H26N2O2/c1-12(13-3-4-13)11-19-15(10-18)14-5-6-16-17(9-14)21-8-2-7-20-16/h5-6,9,12-13,15,19H,2-4,7-8,10-11,18H2,1H3. The Morgan fingerprint density at radius 2 is 2.00 bits per heavy atom. The van der Waals surface area contributed by atoms with Crippen LogP contribution in [0.3, 0.4) is 0 Å². The highest BCUT2D eigenvalue weighted by Crippen LogP contribution is 2.36. The van der Waals surface area contributed by atoms with E-state index in [1.54, 1.807) is 0 Å². The van der Waals surface area contributed by atoms with Crippen molar-refractivity contribution in [3.63, 3.8) is 0 Å². The van der Waals surface area contributed by atoms with Crippen LogP contribution in [0.2, 0.25) is 0 Å². The van der Waals surface area contributed by atoms with Gasteiger partial charge in [-0.3, -0.25) is 0 Å². The summed E-state index contributed by atoms with van der Waals surface area (Å²) in [6.45, 7) is 5.39. The molecule has 116 valence electrons. The zero-order valence-corrected chi connectivity index (χ0v) is 12.8. The maximum absolute atomic E-state index is 5.96. The molecule has 2 unspecified atom stereocenters. The van der Waals surface area contributed by atoms with Crippen LogP contribution >= 0.6 is 0 Å². The third-order valence-electron chi connectivity index (χ3n) is 4.52. The Morgan fingerprint density at radius 3 is 2.71 bits per heavy atom. The molecule has 1 fully saturated rings. The minimum atomic E-state index is 0.184. The van der Waals surface area contributed by atoms with Gasteiger partial charge >= 0.3 is 0 Å². The second-order valence-electron chi connectivity index (χ2n) is 6.27. The highest BCUT2D eigenvalue weighted by Gasteiger charge is 2.28. The molecule has 1 aliphatic heterocycles. The fourth-order valence-electron chi connectivity index (χ4n) is 2.89. The van der Waals surface area contributed by atoms with Gasteiger partial charge in [0.15, 0.2) is 11.5 Å². The smallest absolute Gasteiger partial charge is 0.161 e. The van der Waals surface area contributed by atoms with Gasteiger partial charge < -0.3 is 20.5 Å². The summed E-state index contributed by atoms with van der Waals surface area (Å²) in [4.78, 5) is 0.